The number of ether oxygens (including phenoxy) is 2. The van der Waals surface area contributed by atoms with Gasteiger partial charge in [-0.15, -0.1) is 0 Å². The Morgan fingerprint density at radius 1 is 1.12 bits per heavy atom. The Morgan fingerprint density at radius 2 is 1.92 bits per heavy atom. The molecule has 2 rings (SSSR count). The van der Waals surface area contributed by atoms with E-state index >= 15 is 0 Å². The Labute approximate surface area is 151 Å². The molecule has 2 fully saturated rings. The minimum absolute atomic E-state index is 0.248. The van der Waals surface area contributed by atoms with E-state index in [-0.39, 0.29) is 6.42 Å². The van der Waals surface area contributed by atoms with Crippen molar-refractivity contribution in [2.75, 3.05) is 24.7 Å². The maximum absolute atomic E-state index is 10.5. The number of fused-ring (bicyclic) bond motifs is 2. The van der Waals surface area contributed by atoms with Crippen LogP contribution in [0.15, 0.2) is 0 Å². The quantitative estimate of drug-likeness (QED) is 0.467. The van der Waals surface area contributed by atoms with E-state index in [9.17, 15) is 4.79 Å². The van der Waals surface area contributed by atoms with Crippen molar-refractivity contribution in [1.29, 1.82) is 0 Å². The van der Waals surface area contributed by atoms with Gasteiger partial charge in [0, 0.05) is 24.9 Å². The van der Waals surface area contributed by atoms with Crippen molar-refractivity contribution in [2.45, 2.75) is 76.9 Å². The zero-order valence-electron chi connectivity index (χ0n) is 15.1. The largest absolute Gasteiger partial charge is 0.481 e. The molecule has 0 aliphatic carbocycles. The molecule has 4 nitrogen and oxygen atoms in total. The van der Waals surface area contributed by atoms with E-state index in [2.05, 4.69) is 18.7 Å². The monoisotopic (exact) mass is 358 g/mol. The predicted molar refractivity (Wildman–Crippen MR) is 98.6 cm³/mol. The summed E-state index contributed by atoms with van der Waals surface area (Å²) in [6, 6.07) is 0. The number of thioether (sulfide) groups is 1. The molecule has 2 aliphatic rings. The number of hydrogen-bond donors (Lipinski definition) is 1. The molecule has 0 radical (unpaired) electrons. The van der Waals surface area contributed by atoms with Crippen LogP contribution in [0.3, 0.4) is 0 Å². The summed E-state index contributed by atoms with van der Waals surface area (Å²) in [5.74, 6) is 2.97. The van der Waals surface area contributed by atoms with Crippen molar-refractivity contribution < 1.29 is 19.4 Å². The van der Waals surface area contributed by atoms with Crippen LogP contribution in [0.4, 0.5) is 0 Å². The second kappa shape index (κ2) is 11.4. The van der Waals surface area contributed by atoms with Crippen molar-refractivity contribution in [3.8, 4) is 0 Å². The molecule has 2 bridgehead atoms. The summed E-state index contributed by atoms with van der Waals surface area (Å²) in [7, 11) is 0. The molecule has 0 amide bonds. The fourth-order valence-corrected chi connectivity index (χ4v) is 5.19. The van der Waals surface area contributed by atoms with Gasteiger partial charge in [0.25, 0.3) is 0 Å². The Kier molecular flexibility index (Phi) is 9.51. The standard InChI is InChI=1S/C19H34O4S/c1-2-3-4-7-12-24-14-16-15(17-9-10-18(16)23-17)13-22-11-6-5-8-19(20)21/h15-18H,2-14H2,1H3,(H,20,21). The van der Waals surface area contributed by atoms with Crippen LogP contribution in [0, 0.1) is 11.8 Å². The molecule has 24 heavy (non-hydrogen) atoms. The third kappa shape index (κ3) is 6.57. The molecule has 2 heterocycles. The first-order valence-corrected chi connectivity index (χ1v) is 10.9. The molecule has 0 saturated carbocycles. The van der Waals surface area contributed by atoms with Gasteiger partial charge in [-0.25, -0.2) is 0 Å². The topological polar surface area (TPSA) is 55.8 Å². The highest BCUT2D eigenvalue weighted by atomic mass is 32.2. The van der Waals surface area contributed by atoms with Crippen molar-refractivity contribution in [3.63, 3.8) is 0 Å². The van der Waals surface area contributed by atoms with Crippen LogP contribution in [-0.2, 0) is 14.3 Å². The minimum Gasteiger partial charge on any atom is -0.481 e. The van der Waals surface area contributed by atoms with Gasteiger partial charge >= 0.3 is 5.97 Å². The van der Waals surface area contributed by atoms with Crippen LogP contribution in [0.1, 0.15) is 64.7 Å². The highest BCUT2D eigenvalue weighted by Gasteiger charge is 2.48. The zero-order valence-corrected chi connectivity index (χ0v) is 15.9. The normalized spacial score (nSPS) is 28.5. The van der Waals surface area contributed by atoms with E-state index in [4.69, 9.17) is 14.6 Å². The van der Waals surface area contributed by atoms with Crippen molar-refractivity contribution in [2.24, 2.45) is 11.8 Å². The molecule has 0 aromatic carbocycles. The van der Waals surface area contributed by atoms with E-state index in [1.54, 1.807) is 0 Å². The van der Waals surface area contributed by atoms with Crippen molar-refractivity contribution >= 4 is 17.7 Å². The fourth-order valence-electron chi connectivity index (χ4n) is 3.88. The molecule has 0 spiro atoms. The van der Waals surface area contributed by atoms with Crippen LogP contribution in [0.5, 0.6) is 0 Å². The van der Waals surface area contributed by atoms with E-state index in [0.29, 0.717) is 37.1 Å². The van der Waals surface area contributed by atoms with E-state index in [0.717, 1.165) is 13.0 Å². The first-order valence-electron chi connectivity index (χ1n) is 9.75. The first-order chi connectivity index (χ1) is 11.7. The summed E-state index contributed by atoms with van der Waals surface area (Å²) in [6.45, 7) is 3.72. The smallest absolute Gasteiger partial charge is 0.303 e. The van der Waals surface area contributed by atoms with Crippen LogP contribution in [0.25, 0.3) is 0 Å². The average molecular weight is 359 g/mol. The lowest BCUT2D eigenvalue weighted by Gasteiger charge is -2.27. The molecule has 5 heteroatoms. The summed E-state index contributed by atoms with van der Waals surface area (Å²) < 4.78 is 12.0. The number of carboxylic acids is 1. The summed E-state index contributed by atoms with van der Waals surface area (Å²) in [5.41, 5.74) is 0. The Bertz CT molecular complexity index is 363. The third-order valence-electron chi connectivity index (χ3n) is 5.28. The van der Waals surface area contributed by atoms with Gasteiger partial charge in [0.1, 0.15) is 0 Å². The van der Waals surface area contributed by atoms with Gasteiger partial charge in [-0.05, 0) is 43.6 Å². The van der Waals surface area contributed by atoms with Crippen LogP contribution in [0.2, 0.25) is 0 Å². The number of hydrogen-bond acceptors (Lipinski definition) is 4. The molecule has 2 saturated heterocycles. The summed E-state index contributed by atoms with van der Waals surface area (Å²) in [4.78, 5) is 10.5. The Hall–Kier alpha value is -0.260. The lowest BCUT2D eigenvalue weighted by Crippen LogP contribution is -2.32. The number of aliphatic carboxylic acids is 1. The lowest BCUT2D eigenvalue weighted by atomic mass is 9.81. The molecule has 0 aromatic heterocycles. The summed E-state index contributed by atoms with van der Waals surface area (Å²) in [6.07, 6.45) is 10.4. The van der Waals surface area contributed by atoms with Gasteiger partial charge in [-0.3, -0.25) is 4.79 Å². The molecular weight excluding hydrogens is 324 g/mol. The highest BCUT2D eigenvalue weighted by molar-refractivity contribution is 7.99. The highest BCUT2D eigenvalue weighted by Crippen LogP contribution is 2.44. The van der Waals surface area contributed by atoms with Gasteiger partial charge < -0.3 is 14.6 Å². The molecule has 4 unspecified atom stereocenters. The lowest BCUT2D eigenvalue weighted by molar-refractivity contribution is -0.137. The van der Waals surface area contributed by atoms with E-state index in [1.165, 1.54) is 50.0 Å². The number of carboxylic acid groups (broad SMARTS) is 1. The Balaban J connectivity index is 1.59. The van der Waals surface area contributed by atoms with Crippen LogP contribution < -0.4 is 0 Å². The van der Waals surface area contributed by atoms with E-state index < -0.39 is 5.97 Å². The third-order valence-corrected chi connectivity index (χ3v) is 6.48. The maximum Gasteiger partial charge on any atom is 0.303 e. The fraction of sp³-hybridized carbons (Fsp3) is 0.947. The van der Waals surface area contributed by atoms with Crippen LogP contribution >= 0.6 is 11.8 Å². The van der Waals surface area contributed by atoms with Gasteiger partial charge in [-0.2, -0.15) is 11.8 Å². The van der Waals surface area contributed by atoms with Crippen molar-refractivity contribution in [3.05, 3.63) is 0 Å². The average Bonchev–Trinajstić information content (AvgIpc) is 3.15. The van der Waals surface area contributed by atoms with Gasteiger partial charge in [0.2, 0.25) is 0 Å². The minimum atomic E-state index is -0.715. The second-order valence-corrected chi connectivity index (χ2v) is 8.33. The van der Waals surface area contributed by atoms with Gasteiger partial charge in [0.05, 0.1) is 18.8 Å². The van der Waals surface area contributed by atoms with E-state index in [1.807, 2.05) is 0 Å². The van der Waals surface area contributed by atoms with Crippen molar-refractivity contribution in [1.82, 2.24) is 0 Å². The molecule has 4 atom stereocenters. The first kappa shape index (κ1) is 20.1. The number of rotatable bonds is 14. The van der Waals surface area contributed by atoms with Gasteiger partial charge in [0.15, 0.2) is 0 Å². The molecule has 140 valence electrons. The Morgan fingerprint density at radius 3 is 2.67 bits per heavy atom. The number of unbranched alkanes of at least 4 members (excludes halogenated alkanes) is 4. The summed E-state index contributed by atoms with van der Waals surface area (Å²) in [5, 5.41) is 8.64. The molecule has 2 aliphatic heterocycles. The number of carbonyl (C=O) groups is 1. The predicted octanol–water partition coefficient (Wildman–Crippen LogP) is 4.37. The SMILES string of the molecule is CCCCCCSCC1C2CCC(O2)C1COCCCCC(=O)O. The maximum atomic E-state index is 10.5. The molecular formula is C19H34O4S. The zero-order chi connectivity index (χ0) is 17.2. The molecule has 1 N–H and O–H groups in total. The second-order valence-electron chi connectivity index (χ2n) is 7.18. The van der Waals surface area contributed by atoms with Gasteiger partial charge in [-0.1, -0.05) is 26.2 Å². The summed E-state index contributed by atoms with van der Waals surface area (Å²) >= 11 is 2.09. The van der Waals surface area contributed by atoms with Crippen LogP contribution in [-0.4, -0.2) is 48.0 Å². The molecule has 0 aromatic rings.